The molecule has 1 aromatic heterocycles. The molecule has 0 aliphatic rings. The highest BCUT2D eigenvalue weighted by Gasteiger charge is 2.21. The Kier molecular flexibility index (Phi) is 5.45. The number of carbonyl (C=O) groups is 1. The van der Waals surface area contributed by atoms with E-state index in [0.29, 0.717) is 35.9 Å². The molecule has 0 aliphatic carbocycles. The van der Waals surface area contributed by atoms with Gasteiger partial charge in [0.1, 0.15) is 12.4 Å². The number of carbonyl (C=O) groups excluding carboxylic acids is 1. The highest BCUT2D eigenvalue weighted by molar-refractivity contribution is 6.01. The van der Waals surface area contributed by atoms with Gasteiger partial charge in [0.15, 0.2) is 0 Å². The lowest BCUT2D eigenvalue weighted by Crippen LogP contribution is -2.31. The minimum atomic E-state index is -0.496. The smallest absolute Gasteiger partial charge is 0.269 e. The molecule has 0 fully saturated rings. The molecule has 2 rings (SSSR count). The lowest BCUT2D eigenvalue weighted by Gasteiger charge is -2.14. The second-order valence-corrected chi connectivity index (χ2v) is 4.70. The SMILES string of the molecule is COCCOc1ccccc1-c1nc(N)nc(C)c1C(=O)NN. The van der Waals surface area contributed by atoms with E-state index < -0.39 is 5.91 Å². The number of para-hydroxylation sites is 1. The molecule has 1 heterocycles. The second-order valence-electron chi connectivity index (χ2n) is 4.70. The van der Waals surface area contributed by atoms with Crippen molar-refractivity contribution in [1.29, 1.82) is 0 Å². The molecule has 8 heteroatoms. The third kappa shape index (κ3) is 3.74. The van der Waals surface area contributed by atoms with Gasteiger partial charge in [0.2, 0.25) is 5.95 Å². The number of ether oxygens (including phenoxy) is 2. The van der Waals surface area contributed by atoms with Crippen molar-refractivity contribution < 1.29 is 14.3 Å². The van der Waals surface area contributed by atoms with E-state index in [1.165, 1.54) is 0 Å². The van der Waals surface area contributed by atoms with Gasteiger partial charge in [0, 0.05) is 12.7 Å². The summed E-state index contributed by atoms with van der Waals surface area (Å²) >= 11 is 0. The Bertz CT molecular complexity index is 706. The predicted molar refractivity (Wildman–Crippen MR) is 85.6 cm³/mol. The van der Waals surface area contributed by atoms with Crippen molar-refractivity contribution in [3.63, 3.8) is 0 Å². The Hall–Kier alpha value is -2.71. The van der Waals surface area contributed by atoms with Crippen LogP contribution in [0.15, 0.2) is 24.3 Å². The van der Waals surface area contributed by atoms with Crippen LogP contribution in [0.3, 0.4) is 0 Å². The van der Waals surface area contributed by atoms with Gasteiger partial charge in [-0.25, -0.2) is 15.8 Å². The van der Waals surface area contributed by atoms with E-state index >= 15 is 0 Å². The zero-order valence-electron chi connectivity index (χ0n) is 13.0. The van der Waals surface area contributed by atoms with E-state index in [0.717, 1.165) is 0 Å². The molecule has 8 nitrogen and oxygen atoms in total. The number of anilines is 1. The van der Waals surface area contributed by atoms with Crippen LogP contribution in [-0.4, -0.2) is 36.2 Å². The van der Waals surface area contributed by atoms with E-state index in [-0.39, 0.29) is 11.5 Å². The number of amides is 1. The number of nitrogens with zero attached hydrogens (tertiary/aromatic N) is 2. The van der Waals surface area contributed by atoms with E-state index in [9.17, 15) is 4.79 Å². The summed E-state index contributed by atoms with van der Waals surface area (Å²) in [5, 5.41) is 0. The molecule has 1 amide bonds. The fourth-order valence-electron chi connectivity index (χ4n) is 2.16. The Labute approximate surface area is 133 Å². The molecule has 0 spiro atoms. The summed E-state index contributed by atoms with van der Waals surface area (Å²) in [6, 6.07) is 7.21. The summed E-state index contributed by atoms with van der Waals surface area (Å²) < 4.78 is 10.7. The van der Waals surface area contributed by atoms with Gasteiger partial charge in [-0.15, -0.1) is 0 Å². The van der Waals surface area contributed by atoms with Crippen molar-refractivity contribution in [2.45, 2.75) is 6.92 Å². The first-order chi connectivity index (χ1) is 11.1. The van der Waals surface area contributed by atoms with Crippen molar-refractivity contribution in [3.8, 4) is 17.0 Å². The van der Waals surface area contributed by atoms with Crippen LogP contribution < -0.4 is 21.7 Å². The zero-order chi connectivity index (χ0) is 16.8. The molecule has 5 N–H and O–H groups in total. The molecule has 0 bridgehead atoms. The maximum atomic E-state index is 12.1. The molecule has 23 heavy (non-hydrogen) atoms. The van der Waals surface area contributed by atoms with Crippen LogP contribution in [0.1, 0.15) is 16.1 Å². The van der Waals surface area contributed by atoms with Gasteiger partial charge in [-0.2, -0.15) is 0 Å². The highest BCUT2D eigenvalue weighted by Crippen LogP contribution is 2.32. The number of methoxy groups -OCH3 is 1. The number of nitrogens with one attached hydrogen (secondary N) is 1. The largest absolute Gasteiger partial charge is 0.490 e. The van der Waals surface area contributed by atoms with Crippen LogP contribution >= 0.6 is 0 Å². The fourth-order valence-corrected chi connectivity index (χ4v) is 2.16. The van der Waals surface area contributed by atoms with Crippen LogP contribution in [0.2, 0.25) is 0 Å². The lowest BCUT2D eigenvalue weighted by atomic mass is 10.0. The van der Waals surface area contributed by atoms with Gasteiger partial charge in [0.25, 0.3) is 5.91 Å². The maximum Gasteiger partial charge on any atom is 0.269 e. The minimum absolute atomic E-state index is 0.0674. The highest BCUT2D eigenvalue weighted by atomic mass is 16.5. The first-order valence-electron chi connectivity index (χ1n) is 6.94. The van der Waals surface area contributed by atoms with E-state index in [2.05, 4.69) is 15.4 Å². The number of benzene rings is 1. The molecule has 0 atom stereocenters. The standard InChI is InChI=1S/C15H19N5O3/c1-9-12(14(21)20-17)13(19-15(16)18-9)10-5-3-4-6-11(10)23-8-7-22-2/h3-6H,7-8,17H2,1-2H3,(H,20,21)(H2,16,18,19). The quantitative estimate of drug-likeness (QED) is 0.309. The Balaban J connectivity index is 2.55. The number of rotatable bonds is 6. The monoisotopic (exact) mass is 317 g/mol. The molecule has 0 saturated carbocycles. The summed E-state index contributed by atoms with van der Waals surface area (Å²) in [7, 11) is 1.59. The molecule has 0 unspecified atom stereocenters. The minimum Gasteiger partial charge on any atom is -0.490 e. The van der Waals surface area contributed by atoms with Crippen LogP contribution in [-0.2, 0) is 4.74 Å². The first-order valence-corrected chi connectivity index (χ1v) is 6.94. The van der Waals surface area contributed by atoms with E-state index in [1.807, 2.05) is 12.1 Å². The third-order valence-electron chi connectivity index (χ3n) is 3.15. The molecule has 0 radical (unpaired) electrons. The van der Waals surface area contributed by atoms with Gasteiger partial charge in [0.05, 0.1) is 23.6 Å². The molecule has 0 aliphatic heterocycles. The second kappa shape index (κ2) is 7.52. The first kappa shape index (κ1) is 16.7. The van der Waals surface area contributed by atoms with E-state index in [1.54, 1.807) is 26.2 Å². The molecular formula is C15H19N5O3. The van der Waals surface area contributed by atoms with Crippen LogP contribution in [0, 0.1) is 6.92 Å². The summed E-state index contributed by atoms with van der Waals surface area (Å²) in [6.07, 6.45) is 0. The Morgan fingerprint density at radius 1 is 1.26 bits per heavy atom. The fraction of sp³-hybridized carbons (Fsp3) is 0.267. The third-order valence-corrected chi connectivity index (χ3v) is 3.15. The van der Waals surface area contributed by atoms with Crippen molar-refractivity contribution in [3.05, 3.63) is 35.5 Å². The number of hydrazine groups is 1. The number of aromatic nitrogens is 2. The van der Waals surface area contributed by atoms with Crippen molar-refractivity contribution in [1.82, 2.24) is 15.4 Å². The van der Waals surface area contributed by atoms with Gasteiger partial charge in [-0.05, 0) is 19.1 Å². The average molecular weight is 317 g/mol. The summed E-state index contributed by atoms with van der Waals surface area (Å²) in [6.45, 7) is 2.47. The molecule has 0 saturated heterocycles. The van der Waals surface area contributed by atoms with Crippen molar-refractivity contribution in [2.75, 3.05) is 26.1 Å². The van der Waals surface area contributed by atoms with Crippen LogP contribution in [0.5, 0.6) is 5.75 Å². The molecule has 1 aromatic carbocycles. The summed E-state index contributed by atoms with van der Waals surface area (Å²) in [5.74, 6) is 5.39. The summed E-state index contributed by atoms with van der Waals surface area (Å²) in [4.78, 5) is 20.3. The van der Waals surface area contributed by atoms with Crippen LogP contribution in [0.4, 0.5) is 5.95 Å². The van der Waals surface area contributed by atoms with Gasteiger partial charge >= 0.3 is 0 Å². The number of hydrogen-bond acceptors (Lipinski definition) is 7. The molecular weight excluding hydrogens is 298 g/mol. The van der Waals surface area contributed by atoms with Gasteiger partial charge in [-0.3, -0.25) is 10.2 Å². The van der Waals surface area contributed by atoms with Crippen molar-refractivity contribution in [2.24, 2.45) is 5.84 Å². The van der Waals surface area contributed by atoms with E-state index in [4.69, 9.17) is 21.1 Å². The lowest BCUT2D eigenvalue weighted by molar-refractivity contribution is 0.0953. The van der Waals surface area contributed by atoms with Gasteiger partial charge < -0.3 is 15.2 Å². The number of nitrogens with two attached hydrogens (primary N) is 2. The molecule has 122 valence electrons. The maximum absolute atomic E-state index is 12.1. The number of nitrogen functional groups attached to an aromatic ring is 2. The van der Waals surface area contributed by atoms with Gasteiger partial charge in [-0.1, -0.05) is 12.1 Å². The Morgan fingerprint density at radius 2 is 2.00 bits per heavy atom. The normalized spacial score (nSPS) is 10.4. The number of aryl methyl sites for hydroxylation is 1. The van der Waals surface area contributed by atoms with Crippen molar-refractivity contribution >= 4 is 11.9 Å². The predicted octanol–water partition coefficient (Wildman–Crippen LogP) is 0.663. The Morgan fingerprint density at radius 3 is 2.70 bits per heavy atom. The average Bonchev–Trinajstić information content (AvgIpc) is 2.54. The van der Waals surface area contributed by atoms with Crippen LogP contribution in [0.25, 0.3) is 11.3 Å². The molecule has 2 aromatic rings. The summed E-state index contributed by atoms with van der Waals surface area (Å²) in [5.41, 5.74) is 9.51. The number of hydrogen-bond donors (Lipinski definition) is 3. The topological polar surface area (TPSA) is 125 Å². The zero-order valence-corrected chi connectivity index (χ0v) is 13.0.